The molecule has 0 bridgehead atoms. The molecule has 0 saturated carbocycles. The lowest BCUT2D eigenvalue weighted by Gasteiger charge is -2.46. The van der Waals surface area contributed by atoms with E-state index in [0.717, 1.165) is 32.3 Å². The third kappa shape index (κ3) is 2.36. The zero-order valence-electron chi connectivity index (χ0n) is 9.56. The Morgan fingerprint density at radius 2 is 1.81 bits per heavy atom. The van der Waals surface area contributed by atoms with Crippen molar-refractivity contribution in [2.75, 3.05) is 32.8 Å². The first-order chi connectivity index (χ1) is 7.45. The van der Waals surface area contributed by atoms with E-state index in [2.05, 4.69) is 10.2 Å². The molecule has 1 unspecified atom stereocenters. The van der Waals surface area contributed by atoms with E-state index in [9.17, 15) is 0 Å². The van der Waals surface area contributed by atoms with Crippen LogP contribution < -0.4 is 5.32 Å². The highest BCUT2D eigenvalue weighted by molar-refractivity contribution is 5.85. The van der Waals surface area contributed by atoms with E-state index >= 15 is 0 Å². The first-order valence-electron chi connectivity index (χ1n) is 6.15. The lowest BCUT2D eigenvalue weighted by Crippen LogP contribution is -2.63. The Morgan fingerprint density at radius 3 is 2.44 bits per heavy atom. The minimum atomic E-state index is 0. The summed E-state index contributed by atoms with van der Waals surface area (Å²) in [5.41, 5.74) is 0. The number of nitrogens with zero attached hydrogens (tertiary/aromatic N) is 1. The second-order valence-corrected chi connectivity index (χ2v) is 4.72. The van der Waals surface area contributed by atoms with Gasteiger partial charge in [0.05, 0.1) is 19.3 Å². The van der Waals surface area contributed by atoms with Crippen molar-refractivity contribution in [2.45, 2.75) is 37.6 Å². The zero-order valence-corrected chi connectivity index (χ0v) is 10.4. The topological polar surface area (TPSA) is 33.7 Å². The molecule has 94 valence electrons. The average molecular weight is 249 g/mol. The largest absolute Gasteiger partial charge is 0.349 e. The molecule has 0 radical (unpaired) electrons. The van der Waals surface area contributed by atoms with Gasteiger partial charge < -0.3 is 14.8 Å². The van der Waals surface area contributed by atoms with Gasteiger partial charge in [-0.2, -0.15) is 0 Å². The molecule has 3 aliphatic rings. The van der Waals surface area contributed by atoms with E-state index in [-0.39, 0.29) is 18.7 Å². The summed E-state index contributed by atoms with van der Waals surface area (Å²) >= 11 is 0. The number of halogens is 1. The van der Waals surface area contributed by atoms with E-state index < -0.39 is 0 Å². The number of hydrogen-bond donors (Lipinski definition) is 1. The molecule has 3 heterocycles. The predicted octanol–water partition coefficient (Wildman–Crippen LogP) is 0.607. The second-order valence-electron chi connectivity index (χ2n) is 4.72. The van der Waals surface area contributed by atoms with Crippen LogP contribution in [0.15, 0.2) is 0 Å². The van der Waals surface area contributed by atoms with Crippen LogP contribution in [0.25, 0.3) is 0 Å². The van der Waals surface area contributed by atoms with Crippen molar-refractivity contribution in [3.05, 3.63) is 0 Å². The third-order valence-electron chi connectivity index (χ3n) is 3.78. The van der Waals surface area contributed by atoms with E-state index in [4.69, 9.17) is 9.47 Å². The van der Waals surface area contributed by atoms with Crippen LogP contribution in [0.1, 0.15) is 19.3 Å². The van der Waals surface area contributed by atoms with E-state index in [0.29, 0.717) is 6.04 Å². The summed E-state index contributed by atoms with van der Waals surface area (Å²) < 4.78 is 11.3. The highest BCUT2D eigenvalue weighted by Crippen LogP contribution is 2.27. The van der Waals surface area contributed by atoms with Gasteiger partial charge in [0.1, 0.15) is 0 Å². The SMILES string of the molecule is C1CCN(C2CNC2)C(C2OCCO2)C1.Cl. The number of nitrogens with one attached hydrogen (secondary N) is 1. The average Bonchev–Trinajstić information content (AvgIpc) is 2.69. The molecule has 5 heteroatoms. The summed E-state index contributed by atoms with van der Waals surface area (Å²) in [6.45, 7) is 5.06. The summed E-state index contributed by atoms with van der Waals surface area (Å²) in [6, 6.07) is 1.23. The van der Waals surface area contributed by atoms with Gasteiger partial charge in [0.2, 0.25) is 0 Å². The highest BCUT2D eigenvalue weighted by Gasteiger charge is 2.38. The fraction of sp³-hybridized carbons (Fsp3) is 1.00. The molecule has 0 aromatic rings. The number of hydrogen-bond acceptors (Lipinski definition) is 4. The Hall–Kier alpha value is 0.130. The molecule has 0 aliphatic carbocycles. The standard InChI is InChI=1S/C11H20N2O2.ClH/c1-2-4-13(9-7-12-8-9)10(3-1)11-14-5-6-15-11;/h9-12H,1-8H2;1H. The quantitative estimate of drug-likeness (QED) is 0.777. The lowest BCUT2D eigenvalue weighted by atomic mass is 9.97. The molecule has 3 saturated heterocycles. The number of rotatable bonds is 2. The molecule has 0 spiro atoms. The van der Waals surface area contributed by atoms with Crippen molar-refractivity contribution in [3.8, 4) is 0 Å². The Balaban J connectivity index is 0.000000963. The van der Waals surface area contributed by atoms with Crippen LogP contribution in [-0.2, 0) is 9.47 Å². The van der Waals surface area contributed by atoms with E-state index in [1.807, 2.05) is 0 Å². The monoisotopic (exact) mass is 248 g/mol. The first-order valence-corrected chi connectivity index (χ1v) is 6.15. The van der Waals surface area contributed by atoms with Gasteiger partial charge in [0.25, 0.3) is 0 Å². The number of likely N-dealkylation sites (tertiary alicyclic amines) is 1. The molecule has 16 heavy (non-hydrogen) atoms. The molecule has 4 nitrogen and oxygen atoms in total. The molecule has 3 rings (SSSR count). The molecule has 0 aromatic carbocycles. The minimum Gasteiger partial charge on any atom is -0.349 e. The van der Waals surface area contributed by atoms with Crippen molar-refractivity contribution in [1.82, 2.24) is 10.2 Å². The van der Waals surface area contributed by atoms with Crippen LogP contribution in [0, 0.1) is 0 Å². The van der Waals surface area contributed by atoms with Gasteiger partial charge in [-0.3, -0.25) is 4.90 Å². The van der Waals surface area contributed by atoms with Crippen molar-refractivity contribution < 1.29 is 9.47 Å². The second kappa shape index (κ2) is 5.65. The number of ether oxygens (including phenoxy) is 2. The molecule has 0 aromatic heterocycles. The Bertz CT molecular complexity index is 220. The summed E-state index contributed by atoms with van der Waals surface area (Å²) in [5.74, 6) is 0. The molecule has 1 N–H and O–H groups in total. The maximum atomic E-state index is 5.66. The Labute approximate surface area is 103 Å². The van der Waals surface area contributed by atoms with Gasteiger partial charge in [-0.15, -0.1) is 12.4 Å². The van der Waals surface area contributed by atoms with Gasteiger partial charge in [-0.25, -0.2) is 0 Å². The van der Waals surface area contributed by atoms with Crippen LogP contribution in [-0.4, -0.2) is 56.1 Å². The fourth-order valence-corrected chi connectivity index (χ4v) is 2.83. The fourth-order valence-electron chi connectivity index (χ4n) is 2.83. The van der Waals surface area contributed by atoms with E-state index in [1.54, 1.807) is 0 Å². The summed E-state index contributed by atoms with van der Waals surface area (Å²) in [4.78, 5) is 2.61. The molecule has 3 fully saturated rings. The highest BCUT2D eigenvalue weighted by atomic mass is 35.5. The summed E-state index contributed by atoms with van der Waals surface area (Å²) in [7, 11) is 0. The van der Waals surface area contributed by atoms with Gasteiger partial charge in [-0.05, 0) is 19.4 Å². The molecule has 3 aliphatic heterocycles. The Kier molecular flexibility index (Phi) is 4.44. The van der Waals surface area contributed by atoms with Gasteiger partial charge >= 0.3 is 0 Å². The molecule has 0 amide bonds. The molecule has 1 atom stereocenters. The zero-order chi connectivity index (χ0) is 10.1. The minimum absolute atomic E-state index is 0. The van der Waals surface area contributed by atoms with Gasteiger partial charge in [0.15, 0.2) is 6.29 Å². The van der Waals surface area contributed by atoms with Crippen molar-refractivity contribution in [2.24, 2.45) is 0 Å². The summed E-state index contributed by atoms with van der Waals surface area (Å²) in [6.07, 6.45) is 3.94. The van der Waals surface area contributed by atoms with Crippen LogP contribution in [0.3, 0.4) is 0 Å². The molecular formula is C11H21ClN2O2. The maximum Gasteiger partial charge on any atom is 0.173 e. The van der Waals surface area contributed by atoms with Crippen LogP contribution in [0.4, 0.5) is 0 Å². The van der Waals surface area contributed by atoms with Gasteiger partial charge in [-0.1, -0.05) is 6.42 Å². The predicted molar refractivity (Wildman–Crippen MR) is 63.9 cm³/mol. The van der Waals surface area contributed by atoms with Crippen LogP contribution in [0.5, 0.6) is 0 Å². The van der Waals surface area contributed by atoms with Crippen molar-refractivity contribution in [3.63, 3.8) is 0 Å². The lowest BCUT2D eigenvalue weighted by molar-refractivity contribution is -0.122. The van der Waals surface area contributed by atoms with Crippen LogP contribution >= 0.6 is 12.4 Å². The smallest absolute Gasteiger partial charge is 0.173 e. The maximum absolute atomic E-state index is 5.66. The van der Waals surface area contributed by atoms with Crippen molar-refractivity contribution in [1.29, 1.82) is 0 Å². The summed E-state index contributed by atoms with van der Waals surface area (Å²) in [5, 5.41) is 3.35. The van der Waals surface area contributed by atoms with Crippen LogP contribution in [0.2, 0.25) is 0 Å². The molecular weight excluding hydrogens is 228 g/mol. The van der Waals surface area contributed by atoms with Crippen molar-refractivity contribution >= 4 is 12.4 Å². The first kappa shape index (κ1) is 12.6. The Morgan fingerprint density at radius 1 is 1.06 bits per heavy atom. The third-order valence-corrected chi connectivity index (χ3v) is 3.78. The normalized spacial score (nSPS) is 33.4. The van der Waals surface area contributed by atoms with E-state index in [1.165, 1.54) is 25.8 Å². The van der Waals surface area contributed by atoms with Gasteiger partial charge in [0, 0.05) is 19.1 Å². The number of piperidine rings is 1.